The van der Waals surface area contributed by atoms with Crippen molar-refractivity contribution in [2.45, 2.75) is 52.1 Å². The molecule has 0 saturated heterocycles. The summed E-state index contributed by atoms with van der Waals surface area (Å²) < 4.78 is 22.8. The van der Waals surface area contributed by atoms with Gasteiger partial charge in [-0.25, -0.2) is 0 Å². The highest BCUT2D eigenvalue weighted by molar-refractivity contribution is 6.01. The van der Waals surface area contributed by atoms with Crippen molar-refractivity contribution in [2.75, 3.05) is 20.8 Å². The van der Waals surface area contributed by atoms with Gasteiger partial charge in [0.25, 0.3) is 0 Å². The van der Waals surface area contributed by atoms with Gasteiger partial charge in [0.2, 0.25) is 5.75 Å². The Labute approximate surface area is 183 Å². The van der Waals surface area contributed by atoms with Gasteiger partial charge in [0, 0.05) is 24.0 Å². The highest BCUT2D eigenvalue weighted by atomic mass is 16.6. The number of ketones is 1. The Morgan fingerprint density at radius 2 is 1.74 bits per heavy atom. The van der Waals surface area contributed by atoms with Crippen LogP contribution in [-0.2, 0) is 16.0 Å². The Morgan fingerprint density at radius 1 is 1.00 bits per heavy atom. The van der Waals surface area contributed by atoms with Crippen LogP contribution < -0.4 is 14.2 Å². The SMILES string of the molecule is CCCC(=O)OC(C)(C)COc1c(-c2ccc3c(c2)CCC3=O)ccc(OC)c1OC. The fourth-order valence-corrected chi connectivity index (χ4v) is 3.73. The summed E-state index contributed by atoms with van der Waals surface area (Å²) in [6.07, 6.45) is 2.38. The number of carbonyl (C=O) groups is 2. The predicted molar refractivity (Wildman–Crippen MR) is 118 cm³/mol. The van der Waals surface area contributed by atoms with E-state index in [1.807, 2.05) is 51.1 Å². The number of rotatable bonds is 9. The standard InChI is InChI=1S/C25H30O6/c1-6-7-22(27)31-25(2,3)15-30-23-19(11-13-21(28-4)24(23)29-5)17-8-10-18-16(14-17)9-12-20(18)26/h8,10-11,13-14H,6-7,9,12,15H2,1-5H3. The second kappa shape index (κ2) is 9.41. The first kappa shape index (κ1) is 22.7. The molecule has 0 amide bonds. The molecular weight excluding hydrogens is 396 g/mol. The van der Waals surface area contributed by atoms with Crippen molar-refractivity contribution in [3.8, 4) is 28.4 Å². The first-order chi connectivity index (χ1) is 14.8. The largest absolute Gasteiger partial charge is 0.493 e. The maximum atomic E-state index is 12.0. The van der Waals surface area contributed by atoms with Gasteiger partial charge in [0.1, 0.15) is 12.2 Å². The molecule has 166 valence electrons. The average molecular weight is 427 g/mol. The molecule has 0 fully saturated rings. The van der Waals surface area contributed by atoms with Crippen LogP contribution >= 0.6 is 0 Å². The molecule has 3 rings (SSSR count). The molecular formula is C25H30O6. The van der Waals surface area contributed by atoms with E-state index in [-0.39, 0.29) is 18.4 Å². The van der Waals surface area contributed by atoms with E-state index >= 15 is 0 Å². The molecule has 0 aliphatic heterocycles. The lowest BCUT2D eigenvalue weighted by Gasteiger charge is -2.27. The Kier molecular flexibility index (Phi) is 6.88. The van der Waals surface area contributed by atoms with E-state index in [0.717, 1.165) is 35.1 Å². The third-order valence-electron chi connectivity index (χ3n) is 5.25. The zero-order valence-corrected chi connectivity index (χ0v) is 18.9. The minimum Gasteiger partial charge on any atom is -0.493 e. The van der Waals surface area contributed by atoms with E-state index in [9.17, 15) is 9.59 Å². The van der Waals surface area contributed by atoms with Crippen LogP contribution in [0.5, 0.6) is 17.2 Å². The van der Waals surface area contributed by atoms with Gasteiger partial charge in [0.05, 0.1) is 14.2 Å². The topological polar surface area (TPSA) is 71.1 Å². The Morgan fingerprint density at radius 3 is 2.42 bits per heavy atom. The van der Waals surface area contributed by atoms with E-state index in [1.165, 1.54) is 0 Å². The van der Waals surface area contributed by atoms with Crippen molar-refractivity contribution in [3.63, 3.8) is 0 Å². The number of fused-ring (bicyclic) bond motifs is 1. The molecule has 31 heavy (non-hydrogen) atoms. The zero-order chi connectivity index (χ0) is 22.6. The van der Waals surface area contributed by atoms with Crippen molar-refractivity contribution >= 4 is 11.8 Å². The van der Waals surface area contributed by atoms with Crippen LogP contribution in [0.1, 0.15) is 56.0 Å². The molecule has 0 bridgehead atoms. The van der Waals surface area contributed by atoms with E-state index in [1.54, 1.807) is 14.2 Å². The third-order valence-corrected chi connectivity index (χ3v) is 5.25. The molecule has 6 heteroatoms. The van der Waals surface area contributed by atoms with Crippen LogP contribution in [-0.4, -0.2) is 38.2 Å². The second-order valence-corrected chi connectivity index (χ2v) is 8.25. The molecule has 0 N–H and O–H groups in total. The molecule has 0 radical (unpaired) electrons. The summed E-state index contributed by atoms with van der Waals surface area (Å²) >= 11 is 0. The van der Waals surface area contributed by atoms with Gasteiger partial charge in [0.15, 0.2) is 17.3 Å². The number of hydrogen-bond donors (Lipinski definition) is 0. The summed E-state index contributed by atoms with van der Waals surface area (Å²) in [5, 5.41) is 0. The number of carbonyl (C=O) groups excluding carboxylic acids is 2. The van der Waals surface area contributed by atoms with Gasteiger partial charge in [-0.05, 0) is 49.9 Å². The van der Waals surface area contributed by atoms with Crippen molar-refractivity contribution in [1.29, 1.82) is 0 Å². The summed E-state index contributed by atoms with van der Waals surface area (Å²) in [6, 6.07) is 9.55. The lowest BCUT2D eigenvalue weighted by atomic mass is 9.99. The lowest BCUT2D eigenvalue weighted by Crippen LogP contribution is -2.34. The Balaban J connectivity index is 1.96. The van der Waals surface area contributed by atoms with E-state index in [2.05, 4.69) is 0 Å². The maximum absolute atomic E-state index is 12.0. The minimum absolute atomic E-state index is 0.141. The van der Waals surface area contributed by atoms with Gasteiger partial charge in [-0.3, -0.25) is 9.59 Å². The highest BCUT2D eigenvalue weighted by Crippen LogP contribution is 2.45. The molecule has 0 aromatic heterocycles. The minimum atomic E-state index is -0.817. The molecule has 1 aliphatic rings. The summed E-state index contributed by atoms with van der Waals surface area (Å²) in [5.41, 5.74) is 2.75. The van der Waals surface area contributed by atoms with Gasteiger partial charge >= 0.3 is 5.97 Å². The summed E-state index contributed by atoms with van der Waals surface area (Å²) in [7, 11) is 3.13. The van der Waals surface area contributed by atoms with Crippen LogP contribution in [0.4, 0.5) is 0 Å². The zero-order valence-electron chi connectivity index (χ0n) is 18.9. The molecule has 0 heterocycles. The quantitative estimate of drug-likeness (QED) is 0.526. The van der Waals surface area contributed by atoms with Gasteiger partial charge in [-0.2, -0.15) is 0 Å². The number of hydrogen-bond acceptors (Lipinski definition) is 6. The van der Waals surface area contributed by atoms with Gasteiger partial charge in [-0.15, -0.1) is 0 Å². The molecule has 6 nitrogen and oxygen atoms in total. The predicted octanol–water partition coefficient (Wildman–Crippen LogP) is 5.00. The van der Waals surface area contributed by atoms with E-state index in [4.69, 9.17) is 18.9 Å². The number of ether oxygens (including phenoxy) is 4. The normalized spacial score (nSPS) is 13.0. The fourth-order valence-electron chi connectivity index (χ4n) is 3.73. The monoisotopic (exact) mass is 426 g/mol. The van der Waals surface area contributed by atoms with Crippen molar-refractivity contribution in [3.05, 3.63) is 41.5 Å². The molecule has 2 aromatic carbocycles. The number of Topliss-reactive ketones (excluding diaryl/α,β-unsaturated/α-hetero) is 1. The number of esters is 1. The fraction of sp³-hybridized carbons (Fsp3) is 0.440. The lowest BCUT2D eigenvalue weighted by molar-refractivity contribution is -0.159. The maximum Gasteiger partial charge on any atom is 0.306 e. The Bertz CT molecular complexity index is 976. The molecule has 0 unspecified atom stereocenters. The van der Waals surface area contributed by atoms with Crippen LogP contribution in [0.3, 0.4) is 0 Å². The summed E-state index contributed by atoms with van der Waals surface area (Å²) in [5.74, 6) is 1.44. The molecule has 0 spiro atoms. The molecule has 0 atom stereocenters. The van der Waals surface area contributed by atoms with Crippen LogP contribution in [0, 0.1) is 0 Å². The number of methoxy groups -OCH3 is 2. The molecule has 0 saturated carbocycles. The molecule has 1 aliphatic carbocycles. The second-order valence-electron chi connectivity index (χ2n) is 8.25. The number of benzene rings is 2. The summed E-state index contributed by atoms with van der Waals surface area (Å²) in [4.78, 5) is 24.0. The van der Waals surface area contributed by atoms with Crippen molar-refractivity contribution in [2.24, 2.45) is 0 Å². The van der Waals surface area contributed by atoms with Crippen LogP contribution in [0.25, 0.3) is 11.1 Å². The number of aryl methyl sites for hydroxylation is 1. The van der Waals surface area contributed by atoms with Crippen molar-refractivity contribution in [1.82, 2.24) is 0 Å². The van der Waals surface area contributed by atoms with Gasteiger partial charge < -0.3 is 18.9 Å². The average Bonchev–Trinajstić information content (AvgIpc) is 3.11. The van der Waals surface area contributed by atoms with E-state index in [0.29, 0.717) is 30.1 Å². The first-order valence-electron chi connectivity index (χ1n) is 10.6. The highest BCUT2D eigenvalue weighted by Gasteiger charge is 2.27. The van der Waals surface area contributed by atoms with E-state index < -0.39 is 5.60 Å². The van der Waals surface area contributed by atoms with Crippen molar-refractivity contribution < 1.29 is 28.5 Å². The van der Waals surface area contributed by atoms with Crippen LogP contribution in [0.2, 0.25) is 0 Å². The first-order valence-corrected chi connectivity index (χ1v) is 10.6. The van der Waals surface area contributed by atoms with Crippen LogP contribution in [0.15, 0.2) is 30.3 Å². The smallest absolute Gasteiger partial charge is 0.306 e. The molecule has 2 aromatic rings. The summed E-state index contributed by atoms with van der Waals surface area (Å²) in [6.45, 7) is 5.70. The van der Waals surface area contributed by atoms with Gasteiger partial charge in [-0.1, -0.05) is 25.1 Å². The third kappa shape index (κ3) is 5.01. The Hall–Kier alpha value is -3.02.